The zero-order chi connectivity index (χ0) is 21.2. The van der Waals surface area contributed by atoms with Gasteiger partial charge in [0.1, 0.15) is 5.75 Å². The zero-order valence-electron chi connectivity index (χ0n) is 19.2. The zero-order valence-corrected chi connectivity index (χ0v) is 19.2. The van der Waals surface area contributed by atoms with E-state index in [1.54, 1.807) is 7.11 Å². The molecular weight excluding hydrogens is 374 g/mol. The average Bonchev–Trinajstić information content (AvgIpc) is 2.78. The largest absolute Gasteiger partial charge is 0.497 e. The molecule has 6 heteroatoms. The number of hydrogen-bond donors (Lipinski definition) is 2. The number of nitrogens with one attached hydrogen (secondary N) is 2. The van der Waals surface area contributed by atoms with Gasteiger partial charge in [0.15, 0.2) is 5.96 Å². The monoisotopic (exact) mass is 415 g/mol. The molecule has 1 aromatic rings. The third-order valence-corrected chi connectivity index (χ3v) is 6.38. The first-order valence-electron chi connectivity index (χ1n) is 11.8. The second-order valence-electron chi connectivity index (χ2n) is 8.76. The maximum Gasteiger partial charge on any atom is 0.191 e. The molecule has 0 aliphatic carbocycles. The van der Waals surface area contributed by atoms with Gasteiger partial charge in [0.25, 0.3) is 0 Å². The first-order valence-corrected chi connectivity index (χ1v) is 11.8. The normalized spacial score (nSPS) is 22.5. The lowest BCUT2D eigenvalue weighted by Gasteiger charge is -2.34. The molecule has 30 heavy (non-hydrogen) atoms. The van der Waals surface area contributed by atoms with Crippen molar-refractivity contribution in [2.24, 2.45) is 10.9 Å². The molecule has 6 nitrogen and oxygen atoms in total. The van der Waals surface area contributed by atoms with E-state index in [0.717, 1.165) is 44.4 Å². The van der Waals surface area contributed by atoms with Crippen LogP contribution in [-0.2, 0) is 0 Å². The Morgan fingerprint density at radius 2 is 1.87 bits per heavy atom. The minimum atomic E-state index is 0.312. The van der Waals surface area contributed by atoms with Crippen LogP contribution >= 0.6 is 0 Å². The van der Waals surface area contributed by atoms with Gasteiger partial charge in [-0.3, -0.25) is 9.89 Å². The number of methoxy groups -OCH3 is 1. The van der Waals surface area contributed by atoms with E-state index in [1.807, 2.05) is 0 Å². The fraction of sp³-hybridized carbons (Fsp3) is 0.708. The number of likely N-dealkylation sites (tertiary alicyclic amines) is 2. The van der Waals surface area contributed by atoms with Crippen molar-refractivity contribution in [3.8, 4) is 5.75 Å². The molecule has 0 spiro atoms. The van der Waals surface area contributed by atoms with Crippen molar-refractivity contribution in [2.75, 3.05) is 60.0 Å². The van der Waals surface area contributed by atoms with Crippen LogP contribution in [0.5, 0.6) is 5.75 Å². The minimum Gasteiger partial charge on any atom is -0.497 e. The van der Waals surface area contributed by atoms with Gasteiger partial charge in [0, 0.05) is 19.6 Å². The Balaban J connectivity index is 1.67. The molecule has 1 aromatic carbocycles. The molecule has 0 bridgehead atoms. The summed E-state index contributed by atoms with van der Waals surface area (Å²) in [6.07, 6.45) is 6.51. The molecular formula is C24H41N5O. The standard InChI is InChI=1S/C24H41N5O/c1-4-25-24(26-17-20-9-8-14-28(2)19-20)27-18-23(29-15-6-5-7-16-29)21-10-12-22(30-3)13-11-21/h10-13,20,23H,4-9,14-19H2,1-3H3,(H2,25,26,27). The SMILES string of the molecule is CCNC(=NCC(c1ccc(OC)cc1)N1CCCCC1)NCC1CCCN(C)C1. The quantitative estimate of drug-likeness (QED) is 0.505. The van der Waals surface area contributed by atoms with Crippen LogP contribution in [0.25, 0.3) is 0 Å². The van der Waals surface area contributed by atoms with Crippen molar-refractivity contribution in [1.29, 1.82) is 0 Å². The number of rotatable bonds is 8. The van der Waals surface area contributed by atoms with Crippen molar-refractivity contribution in [1.82, 2.24) is 20.4 Å². The second kappa shape index (κ2) is 12.2. The van der Waals surface area contributed by atoms with E-state index in [0.29, 0.717) is 12.0 Å². The molecule has 2 unspecified atom stereocenters. The fourth-order valence-corrected chi connectivity index (χ4v) is 4.69. The molecule has 0 radical (unpaired) electrons. The highest BCUT2D eigenvalue weighted by atomic mass is 16.5. The minimum absolute atomic E-state index is 0.312. The highest BCUT2D eigenvalue weighted by molar-refractivity contribution is 5.79. The smallest absolute Gasteiger partial charge is 0.191 e. The van der Waals surface area contributed by atoms with Gasteiger partial charge in [-0.25, -0.2) is 0 Å². The summed E-state index contributed by atoms with van der Waals surface area (Å²) in [6.45, 7) is 9.50. The molecule has 0 amide bonds. The first-order chi connectivity index (χ1) is 14.7. The van der Waals surface area contributed by atoms with Crippen LogP contribution in [0.4, 0.5) is 0 Å². The molecule has 2 N–H and O–H groups in total. The molecule has 2 saturated heterocycles. The Morgan fingerprint density at radius 1 is 1.10 bits per heavy atom. The van der Waals surface area contributed by atoms with E-state index >= 15 is 0 Å². The Kier molecular flexibility index (Phi) is 9.27. The molecule has 2 atom stereocenters. The molecule has 2 fully saturated rings. The van der Waals surface area contributed by atoms with Crippen molar-refractivity contribution in [3.05, 3.63) is 29.8 Å². The van der Waals surface area contributed by atoms with Crippen LogP contribution in [0.2, 0.25) is 0 Å². The lowest BCUT2D eigenvalue weighted by atomic mass is 9.98. The number of piperidine rings is 2. The van der Waals surface area contributed by atoms with Gasteiger partial charge in [0.05, 0.1) is 19.7 Å². The van der Waals surface area contributed by atoms with Gasteiger partial charge in [-0.05, 0) is 82.9 Å². The van der Waals surface area contributed by atoms with Crippen molar-refractivity contribution < 1.29 is 4.74 Å². The van der Waals surface area contributed by atoms with Crippen molar-refractivity contribution in [2.45, 2.75) is 45.1 Å². The van der Waals surface area contributed by atoms with E-state index in [4.69, 9.17) is 9.73 Å². The summed E-state index contributed by atoms with van der Waals surface area (Å²) in [5.74, 6) is 2.56. The third-order valence-electron chi connectivity index (χ3n) is 6.38. The Hall–Kier alpha value is -1.79. The molecule has 0 aromatic heterocycles. The van der Waals surface area contributed by atoms with Crippen LogP contribution in [0.15, 0.2) is 29.3 Å². The average molecular weight is 416 g/mol. The van der Waals surface area contributed by atoms with Gasteiger partial charge < -0.3 is 20.3 Å². The van der Waals surface area contributed by atoms with E-state index in [9.17, 15) is 0 Å². The predicted molar refractivity (Wildman–Crippen MR) is 125 cm³/mol. The van der Waals surface area contributed by atoms with E-state index in [1.165, 1.54) is 50.8 Å². The highest BCUT2D eigenvalue weighted by Crippen LogP contribution is 2.26. The first kappa shape index (κ1) is 22.9. The number of guanidine groups is 1. The predicted octanol–water partition coefficient (Wildman–Crippen LogP) is 3.12. The van der Waals surface area contributed by atoms with Crippen LogP contribution in [0, 0.1) is 5.92 Å². The maximum absolute atomic E-state index is 5.36. The molecule has 0 saturated carbocycles. The molecule has 2 heterocycles. The Morgan fingerprint density at radius 3 is 2.53 bits per heavy atom. The van der Waals surface area contributed by atoms with Gasteiger partial charge >= 0.3 is 0 Å². The number of aliphatic imine (C=N–C) groups is 1. The van der Waals surface area contributed by atoms with Crippen molar-refractivity contribution >= 4 is 5.96 Å². The third kappa shape index (κ3) is 6.88. The topological polar surface area (TPSA) is 52.1 Å². The van der Waals surface area contributed by atoms with Gasteiger partial charge in [-0.2, -0.15) is 0 Å². The highest BCUT2D eigenvalue weighted by Gasteiger charge is 2.23. The summed E-state index contributed by atoms with van der Waals surface area (Å²) in [4.78, 5) is 10.1. The van der Waals surface area contributed by atoms with Crippen LogP contribution < -0.4 is 15.4 Å². The second-order valence-corrected chi connectivity index (χ2v) is 8.76. The molecule has 2 aliphatic rings. The number of ether oxygens (including phenoxy) is 1. The van der Waals surface area contributed by atoms with E-state index < -0.39 is 0 Å². The van der Waals surface area contributed by atoms with E-state index in [2.05, 4.69) is 58.7 Å². The van der Waals surface area contributed by atoms with Crippen molar-refractivity contribution in [3.63, 3.8) is 0 Å². The fourth-order valence-electron chi connectivity index (χ4n) is 4.69. The van der Waals surface area contributed by atoms with Crippen LogP contribution in [0.1, 0.15) is 50.6 Å². The Bertz CT molecular complexity index is 642. The number of benzene rings is 1. The summed E-state index contributed by atoms with van der Waals surface area (Å²) < 4.78 is 5.36. The number of nitrogens with zero attached hydrogens (tertiary/aromatic N) is 3. The summed E-state index contributed by atoms with van der Waals surface area (Å²) in [5.41, 5.74) is 1.33. The summed E-state index contributed by atoms with van der Waals surface area (Å²) >= 11 is 0. The van der Waals surface area contributed by atoms with E-state index in [-0.39, 0.29) is 0 Å². The van der Waals surface area contributed by atoms with Crippen LogP contribution in [-0.4, -0.2) is 75.7 Å². The van der Waals surface area contributed by atoms with Gasteiger partial charge in [-0.15, -0.1) is 0 Å². The molecule has 2 aliphatic heterocycles. The lowest BCUT2D eigenvalue weighted by molar-refractivity contribution is 0.167. The lowest BCUT2D eigenvalue weighted by Crippen LogP contribution is -2.44. The molecule has 168 valence electrons. The summed E-state index contributed by atoms with van der Waals surface area (Å²) in [6, 6.07) is 8.85. The Labute approximate surface area is 183 Å². The summed E-state index contributed by atoms with van der Waals surface area (Å²) in [7, 11) is 3.95. The van der Waals surface area contributed by atoms with Gasteiger partial charge in [0.2, 0.25) is 0 Å². The van der Waals surface area contributed by atoms with Gasteiger partial charge in [-0.1, -0.05) is 18.6 Å². The molecule has 3 rings (SSSR count). The number of hydrogen-bond acceptors (Lipinski definition) is 4. The van der Waals surface area contributed by atoms with Crippen LogP contribution in [0.3, 0.4) is 0 Å². The maximum atomic E-state index is 5.36. The summed E-state index contributed by atoms with van der Waals surface area (Å²) in [5, 5.41) is 7.06.